The average molecular weight is 260 g/mol. The minimum atomic E-state index is -0.231. The van der Waals surface area contributed by atoms with Gasteiger partial charge < -0.3 is 10.0 Å². The lowest BCUT2D eigenvalue weighted by molar-refractivity contribution is 0.0693. The molecule has 19 heavy (non-hydrogen) atoms. The van der Waals surface area contributed by atoms with Gasteiger partial charge in [0.15, 0.2) is 0 Å². The van der Waals surface area contributed by atoms with Crippen molar-refractivity contribution in [3.8, 4) is 11.8 Å². The summed E-state index contributed by atoms with van der Waals surface area (Å²) in [4.78, 5) is 18.4. The fourth-order valence-corrected chi connectivity index (χ4v) is 1.82. The van der Waals surface area contributed by atoms with E-state index in [1.54, 1.807) is 23.2 Å². The summed E-state index contributed by atoms with van der Waals surface area (Å²) in [7, 11) is 0. The van der Waals surface area contributed by atoms with E-state index in [9.17, 15) is 4.79 Å². The molecule has 0 saturated heterocycles. The van der Waals surface area contributed by atoms with Gasteiger partial charge in [-0.05, 0) is 32.4 Å². The molecule has 0 aliphatic heterocycles. The Morgan fingerprint density at radius 3 is 2.84 bits per heavy atom. The van der Waals surface area contributed by atoms with Crippen molar-refractivity contribution in [3.63, 3.8) is 0 Å². The van der Waals surface area contributed by atoms with E-state index in [1.165, 1.54) is 0 Å². The third kappa shape index (κ3) is 3.80. The summed E-state index contributed by atoms with van der Waals surface area (Å²) in [6.45, 7) is 6.42. The standard InChI is InChI=1S/C15H20N2O2/c1-4-12(3)17(5-2)15(19)14-13(9-7-11-18)8-6-10-16-14/h6,8,10,12,18H,4-5,11H2,1-3H3. The van der Waals surface area contributed by atoms with Crippen molar-refractivity contribution in [3.05, 3.63) is 29.6 Å². The molecular weight excluding hydrogens is 240 g/mol. The Bertz CT molecular complexity index is 488. The molecule has 1 rings (SSSR count). The predicted molar refractivity (Wildman–Crippen MR) is 74.7 cm³/mol. The highest BCUT2D eigenvalue weighted by molar-refractivity contribution is 5.95. The maximum absolute atomic E-state index is 12.5. The lowest BCUT2D eigenvalue weighted by Crippen LogP contribution is -2.38. The van der Waals surface area contributed by atoms with Gasteiger partial charge in [0, 0.05) is 18.8 Å². The summed E-state index contributed by atoms with van der Waals surface area (Å²) in [6.07, 6.45) is 2.48. The van der Waals surface area contributed by atoms with E-state index in [-0.39, 0.29) is 18.6 Å². The van der Waals surface area contributed by atoms with Gasteiger partial charge in [-0.3, -0.25) is 4.79 Å². The number of pyridine rings is 1. The molecule has 0 bridgehead atoms. The zero-order chi connectivity index (χ0) is 14.3. The lowest BCUT2D eigenvalue weighted by Gasteiger charge is -2.27. The van der Waals surface area contributed by atoms with Crippen LogP contribution in [0.3, 0.4) is 0 Å². The molecule has 0 radical (unpaired) electrons. The van der Waals surface area contributed by atoms with Crippen molar-refractivity contribution < 1.29 is 9.90 Å². The van der Waals surface area contributed by atoms with Gasteiger partial charge in [0.05, 0.1) is 5.56 Å². The monoisotopic (exact) mass is 260 g/mol. The Morgan fingerprint density at radius 1 is 1.53 bits per heavy atom. The SMILES string of the molecule is CCC(C)N(CC)C(=O)c1ncccc1C#CCO. The van der Waals surface area contributed by atoms with E-state index in [4.69, 9.17) is 5.11 Å². The molecule has 0 fully saturated rings. The van der Waals surface area contributed by atoms with E-state index in [0.717, 1.165) is 6.42 Å². The van der Waals surface area contributed by atoms with E-state index < -0.39 is 0 Å². The largest absolute Gasteiger partial charge is 0.384 e. The normalized spacial score (nSPS) is 11.4. The Labute approximate surface area is 114 Å². The van der Waals surface area contributed by atoms with Crippen LogP contribution in [0.5, 0.6) is 0 Å². The summed E-state index contributed by atoms with van der Waals surface area (Å²) in [5, 5.41) is 8.75. The van der Waals surface area contributed by atoms with E-state index in [2.05, 4.69) is 16.8 Å². The topological polar surface area (TPSA) is 53.4 Å². The van der Waals surface area contributed by atoms with E-state index in [0.29, 0.717) is 17.8 Å². The van der Waals surface area contributed by atoms with E-state index >= 15 is 0 Å². The Morgan fingerprint density at radius 2 is 2.26 bits per heavy atom. The molecule has 1 unspecified atom stereocenters. The van der Waals surface area contributed by atoms with Crippen molar-refractivity contribution in [2.75, 3.05) is 13.2 Å². The number of hydrogen-bond donors (Lipinski definition) is 1. The number of hydrogen-bond acceptors (Lipinski definition) is 3. The molecule has 1 heterocycles. The van der Waals surface area contributed by atoms with Gasteiger partial charge in [-0.1, -0.05) is 18.8 Å². The average Bonchev–Trinajstić information content (AvgIpc) is 2.45. The highest BCUT2D eigenvalue weighted by Gasteiger charge is 2.21. The maximum Gasteiger partial charge on any atom is 0.273 e. The number of carbonyl (C=O) groups is 1. The molecule has 0 aromatic carbocycles. The molecule has 1 N–H and O–H groups in total. The summed E-state index contributed by atoms with van der Waals surface area (Å²) < 4.78 is 0. The Kier molecular flexibility index (Phi) is 6.04. The first-order chi connectivity index (χ1) is 9.15. The molecule has 1 aromatic heterocycles. The van der Waals surface area contributed by atoms with Crippen molar-refractivity contribution >= 4 is 5.91 Å². The maximum atomic E-state index is 12.5. The molecular formula is C15H20N2O2. The molecule has 0 aliphatic carbocycles. The summed E-state index contributed by atoms with van der Waals surface area (Å²) in [6, 6.07) is 3.64. The van der Waals surface area contributed by atoms with Gasteiger partial charge in [-0.2, -0.15) is 0 Å². The van der Waals surface area contributed by atoms with Gasteiger partial charge in [0.25, 0.3) is 5.91 Å². The van der Waals surface area contributed by atoms with Crippen LogP contribution in [-0.4, -0.2) is 40.1 Å². The fourth-order valence-electron chi connectivity index (χ4n) is 1.82. The third-order valence-corrected chi connectivity index (χ3v) is 3.04. The van der Waals surface area contributed by atoms with Crippen molar-refractivity contribution in [1.29, 1.82) is 0 Å². The molecule has 1 amide bonds. The minimum absolute atomic E-state index is 0.111. The molecule has 4 nitrogen and oxygen atoms in total. The van der Waals surface area contributed by atoms with Crippen molar-refractivity contribution in [2.45, 2.75) is 33.2 Å². The quantitative estimate of drug-likeness (QED) is 0.838. The number of aliphatic hydroxyl groups excluding tert-OH is 1. The molecule has 4 heteroatoms. The second kappa shape index (κ2) is 7.55. The van der Waals surface area contributed by atoms with Gasteiger partial charge in [-0.25, -0.2) is 4.98 Å². The zero-order valence-corrected chi connectivity index (χ0v) is 11.7. The van der Waals surface area contributed by atoms with Crippen LogP contribution in [0.1, 0.15) is 43.2 Å². The van der Waals surface area contributed by atoms with Crippen LogP contribution in [0.25, 0.3) is 0 Å². The van der Waals surface area contributed by atoms with Crippen molar-refractivity contribution in [2.24, 2.45) is 0 Å². The van der Waals surface area contributed by atoms with Crippen molar-refractivity contribution in [1.82, 2.24) is 9.88 Å². The summed E-state index contributed by atoms with van der Waals surface area (Å²) in [5.74, 6) is 5.21. The van der Waals surface area contributed by atoms with Crippen LogP contribution in [0, 0.1) is 11.8 Å². The Balaban J connectivity index is 3.11. The molecule has 0 spiro atoms. The molecule has 1 aromatic rings. The number of carbonyl (C=O) groups excluding carboxylic acids is 1. The van der Waals surface area contributed by atoms with E-state index in [1.807, 2.05) is 20.8 Å². The minimum Gasteiger partial charge on any atom is -0.384 e. The number of amides is 1. The first-order valence-electron chi connectivity index (χ1n) is 6.51. The third-order valence-electron chi connectivity index (χ3n) is 3.04. The second-order valence-corrected chi connectivity index (χ2v) is 4.21. The first-order valence-corrected chi connectivity index (χ1v) is 6.51. The van der Waals surface area contributed by atoms with Gasteiger partial charge in [0.1, 0.15) is 12.3 Å². The smallest absolute Gasteiger partial charge is 0.273 e. The van der Waals surface area contributed by atoms with Crippen LogP contribution >= 0.6 is 0 Å². The molecule has 0 saturated carbocycles. The van der Waals surface area contributed by atoms with Crippen LogP contribution in [-0.2, 0) is 0 Å². The highest BCUT2D eigenvalue weighted by atomic mass is 16.2. The highest BCUT2D eigenvalue weighted by Crippen LogP contribution is 2.12. The molecule has 102 valence electrons. The lowest BCUT2D eigenvalue weighted by atomic mass is 10.1. The molecule has 1 atom stereocenters. The second-order valence-electron chi connectivity index (χ2n) is 4.21. The predicted octanol–water partition coefficient (Wildman–Crippen LogP) is 1.69. The number of aliphatic hydroxyl groups is 1. The number of aromatic nitrogens is 1. The number of rotatable bonds is 4. The number of nitrogens with zero attached hydrogens (tertiary/aromatic N) is 2. The van der Waals surface area contributed by atoms with Gasteiger partial charge >= 0.3 is 0 Å². The van der Waals surface area contributed by atoms with Gasteiger partial charge in [0.2, 0.25) is 0 Å². The Hall–Kier alpha value is -1.86. The molecule has 0 aliphatic rings. The van der Waals surface area contributed by atoms with Crippen LogP contribution in [0.15, 0.2) is 18.3 Å². The van der Waals surface area contributed by atoms with Crippen LogP contribution in [0.4, 0.5) is 0 Å². The summed E-state index contributed by atoms with van der Waals surface area (Å²) in [5.41, 5.74) is 0.911. The first kappa shape index (κ1) is 15.2. The van der Waals surface area contributed by atoms with Crippen LogP contribution in [0.2, 0.25) is 0 Å². The van der Waals surface area contributed by atoms with Gasteiger partial charge in [-0.15, -0.1) is 0 Å². The fraction of sp³-hybridized carbons (Fsp3) is 0.467. The zero-order valence-electron chi connectivity index (χ0n) is 11.7. The van der Waals surface area contributed by atoms with Crippen LogP contribution < -0.4 is 0 Å². The summed E-state index contributed by atoms with van der Waals surface area (Å²) >= 11 is 0.